The van der Waals surface area contributed by atoms with E-state index in [2.05, 4.69) is 22.3 Å². The Labute approximate surface area is 154 Å². The minimum Gasteiger partial charge on any atom is -0.359 e. The third-order valence-electron chi connectivity index (χ3n) is 4.84. The van der Waals surface area contributed by atoms with Crippen molar-refractivity contribution in [2.75, 3.05) is 30.4 Å². The molecule has 1 heterocycles. The van der Waals surface area contributed by atoms with Crippen LogP contribution in [0.3, 0.4) is 0 Å². The van der Waals surface area contributed by atoms with Crippen molar-refractivity contribution in [1.29, 1.82) is 0 Å². The number of benzene rings is 2. The first-order valence-corrected chi connectivity index (χ1v) is 8.92. The number of amides is 2. The van der Waals surface area contributed by atoms with Crippen LogP contribution in [0.2, 0.25) is 0 Å². The summed E-state index contributed by atoms with van der Waals surface area (Å²) in [4.78, 5) is 28.6. The van der Waals surface area contributed by atoms with E-state index >= 15 is 0 Å². The van der Waals surface area contributed by atoms with Gasteiger partial charge in [0, 0.05) is 25.0 Å². The molecule has 5 nitrogen and oxygen atoms in total. The molecule has 1 aliphatic heterocycles. The molecule has 2 aromatic carbocycles. The Hall–Kier alpha value is -2.82. The van der Waals surface area contributed by atoms with Gasteiger partial charge < -0.3 is 15.1 Å². The van der Waals surface area contributed by atoms with Crippen LogP contribution in [0.15, 0.2) is 48.5 Å². The van der Waals surface area contributed by atoms with Crippen molar-refractivity contribution in [3.63, 3.8) is 0 Å². The molecule has 0 aliphatic carbocycles. The Morgan fingerprint density at radius 3 is 2.58 bits per heavy atom. The number of aryl methyl sites for hydroxylation is 1. The number of hydrogen-bond acceptors (Lipinski definition) is 3. The Balaban J connectivity index is 1.59. The fourth-order valence-corrected chi connectivity index (χ4v) is 3.35. The number of fused-ring (bicyclic) bond motifs is 1. The second-order valence-electron chi connectivity index (χ2n) is 6.86. The van der Waals surface area contributed by atoms with Crippen LogP contribution in [-0.2, 0) is 16.0 Å². The molecule has 0 unspecified atom stereocenters. The van der Waals surface area contributed by atoms with E-state index in [1.165, 1.54) is 10.5 Å². The van der Waals surface area contributed by atoms with Crippen LogP contribution >= 0.6 is 0 Å². The molecule has 0 bridgehead atoms. The number of carbonyl (C=O) groups is 2. The van der Waals surface area contributed by atoms with Crippen molar-refractivity contribution in [1.82, 2.24) is 4.90 Å². The van der Waals surface area contributed by atoms with E-state index in [1.807, 2.05) is 50.2 Å². The van der Waals surface area contributed by atoms with Gasteiger partial charge in [-0.1, -0.05) is 35.9 Å². The molecule has 0 spiro atoms. The van der Waals surface area contributed by atoms with Gasteiger partial charge in [-0.3, -0.25) is 9.59 Å². The van der Waals surface area contributed by atoms with Gasteiger partial charge in [-0.25, -0.2) is 0 Å². The highest BCUT2D eigenvalue weighted by Crippen LogP contribution is 2.29. The van der Waals surface area contributed by atoms with Gasteiger partial charge in [0.1, 0.15) is 6.04 Å². The van der Waals surface area contributed by atoms with Gasteiger partial charge in [0.2, 0.25) is 11.8 Å². The Morgan fingerprint density at radius 2 is 1.85 bits per heavy atom. The average molecular weight is 351 g/mol. The Morgan fingerprint density at radius 1 is 1.15 bits per heavy atom. The SMILES string of the molecule is Cc1ccc(NC(=O)CN(C)C(=O)[C@H](C)N2CCc3ccccc32)cc1. The van der Waals surface area contributed by atoms with Crippen molar-refractivity contribution in [2.45, 2.75) is 26.3 Å². The molecule has 0 saturated heterocycles. The summed E-state index contributed by atoms with van der Waals surface area (Å²) in [5, 5.41) is 2.83. The van der Waals surface area contributed by atoms with E-state index in [0.717, 1.165) is 29.9 Å². The lowest BCUT2D eigenvalue weighted by Crippen LogP contribution is -2.47. The number of carbonyl (C=O) groups excluding carboxylic acids is 2. The van der Waals surface area contributed by atoms with E-state index in [-0.39, 0.29) is 24.4 Å². The van der Waals surface area contributed by atoms with Crippen LogP contribution in [0.4, 0.5) is 11.4 Å². The minimum atomic E-state index is -0.296. The van der Waals surface area contributed by atoms with Crippen LogP contribution in [0.1, 0.15) is 18.1 Å². The zero-order chi connectivity index (χ0) is 18.7. The van der Waals surface area contributed by atoms with E-state index in [1.54, 1.807) is 7.05 Å². The molecule has 0 aromatic heterocycles. The van der Waals surface area contributed by atoms with E-state index < -0.39 is 0 Å². The van der Waals surface area contributed by atoms with Crippen LogP contribution in [0, 0.1) is 6.92 Å². The molecule has 0 saturated carbocycles. The lowest BCUT2D eigenvalue weighted by atomic mass is 10.1. The molecule has 2 amide bonds. The van der Waals surface area contributed by atoms with Gasteiger partial charge >= 0.3 is 0 Å². The number of para-hydroxylation sites is 1. The largest absolute Gasteiger partial charge is 0.359 e. The molecule has 1 aliphatic rings. The molecule has 2 aromatic rings. The molecular weight excluding hydrogens is 326 g/mol. The van der Waals surface area contributed by atoms with Gasteiger partial charge in [0.05, 0.1) is 6.54 Å². The van der Waals surface area contributed by atoms with Gasteiger partial charge in [-0.05, 0) is 44.0 Å². The summed E-state index contributed by atoms with van der Waals surface area (Å²) in [5.41, 5.74) is 4.26. The van der Waals surface area contributed by atoms with Gasteiger partial charge in [0.15, 0.2) is 0 Å². The quantitative estimate of drug-likeness (QED) is 0.901. The van der Waals surface area contributed by atoms with Crippen LogP contribution in [0.5, 0.6) is 0 Å². The monoisotopic (exact) mass is 351 g/mol. The van der Waals surface area contributed by atoms with E-state index in [4.69, 9.17) is 0 Å². The van der Waals surface area contributed by atoms with Crippen LogP contribution in [0.25, 0.3) is 0 Å². The molecule has 26 heavy (non-hydrogen) atoms. The maximum Gasteiger partial charge on any atom is 0.245 e. The lowest BCUT2D eigenvalue weighted by Gasteiger charge is -2.29. The normalized spacial score (nSPS) is 13.9. The van der Waals surface area contributed by atoms with Crippen molar-refractivity contribution in [2.24, 2.45) is 0 Å². The van der Waals surface area contributed by atoms with E-state index in [0.29, 0.717) is 0 Å². The zero-order valence-corrected chi connectivity index (χ0v) is 15.5. The zero-order valence-electron chi connectivity index (χ0n) is 15.5. The molecule has 3 rings (SSSR count). The number of rotatable bonds is 5. The maximum absolute atomic E-state index is 12.8. The first-order chi connectivity index (χ1) is 12.5. The summed E-state index contributed by atoms with van der Waals surface area (Å²) in [5.74, 6) is -0.250. The van der Waals surface area contributed by atoms with Gasteiger partial charge in [-0.2, -0.15) is 0 Å². The topological polar surface area (TPSA) is 52.7 Å². The summed E-state index contributed by atoms with van der Waals surface area (Å²) >= 11 is 0. The predicted octanol–water partition coefficient (Wildman–Crippen LogP) is 2.84. The van der Waals surface area contributed by atoms with Gasteiger partial charge in [0.25, 0.3) is 0 Å². The third kappa shape index (κ3) is 3.87. The minimum absolute atomic E-state index is 0.0343. The molecule has 0 radical (unpaired) electrons. The molecule has 5 heteroatoms. The van der Waals surface area contributed by atoms with Crippen molar-refractivity contribution in [3.8, 4) is 0 Å². The fourth-order valence-electron chi connectivity index (χ4n) is 3.35. The fraction of sp³-hybridized carbons (Fsp3) is 0.333. The van der Waals surface area contributed by atoms with E-state index in [9.17, 15) is 9.59 Å². The standard InChI is InChI=1S/C21H25N3O2/c1-15-8-10-18(11-9-15)22-20(25)14-23(3)21(26)16(2)24-13-12-17-6-4-5-7-19(17)24/h4-11,16H,12-14H2,1-3H3,(H,22,25)/t16-/m0/s1. The summed E-state index contributed by atoms with van der Waals surface area (Å²) in [7, 11) is 1.68. The third-order valence-corrected chi connectivity index (χ3v) is 4.84. The Bertz CT molecular complexity index is 801. The second-order valence-corrected chi connectivity index (χ2v) is 6.86. The summed E-state index contributed by atoms with van der Waals surface area (Å²) in [6, 6.07) is 15.5. The number of hydrogen-bond donors (Lipinski definition) is 1. The smallest absolute Gasteiger partial charge is 0.245 e. The molecule has 1 atom stereocenters. The number of anilines is 2. The van der Waals surface area contributed by atoms with Crippen LogP contribution in [-0.4, -0.2) is 42.9 Å². The predicted molar refractivity (Wildman–Crippen MR) is 104 cm³/mol. The summed E-state index contributed by atoms with van der Waals surface area (Å²) in [6.07, 6.45) is 0.950. The van der Waals surface area contributed by atoms with Gasteiger partial charge in [-0.15, -0.1) is 0 Å². The summed E-state index contributed by atoms with van der Waals surface area (Å²) in [6.45, 7) is 4.76. The molecule has 1 N–H and O–H groups in total. The van der Waals surface area contributed by atoms with Crippen LogP contribution < -0.4 is 10.2 Å². The van der Waals surface area contributed by atoms with Crippen molar-refractivity contribution < 1.29 is 9.59 Å². The average Bonchev–Trinajstić information content (AvgIpc) is 3.06. The lowest BCUT2D eigenvalue weighted by molar-refractivity contribution is -0.134. The number of nitrogens with zero attached hydrogens (tertiary/aromatic N) is 2. The summed E-state index contributed by atoms with van der Waals surface area (Å²) < 4.78 is 0. The first-order valence-electron chi connectivity index (χ1n) is 8.92. The van der Waals surface area contributed by atoms with Crippen molar-refractivity contribution >= 4 is 23.2 Å². The highest BCUT2D eigenvalue weighted by molar-refractivity contribution is 5.95. The second kappa shape index (κ2) is 7.60. The molecule has 136 valence electrons. The maximum atomic E-state index is 12.8. The first kappa shape index (κ1) is 18.0. The molecular formula is C21H25N3O2. The molecule has 0 fully saturated rings. The van der Waals surface area contributed by atoms with Crippen molar-refractivity contribution in [3.05, 3.63) is 59.7 Å². The number of likely N-dealkylation sites (N-methyl/N-ethyl adjacent to an activating group) is 1. The highest BCUT2D eigenvalue weighted by Gasteiger charge is 2.29. The highest BCUT2D eigenvalue weighted by atomic mass is 16.2. The number of nitrogens with one attached hydrogen (secondary N) is 1. The Kier molecular flexibility index (Phi) is 5.26.